The monoisotopic (exact) mass is 242 g/mol. The Labute approximate surface area is 98.7 Å². The van der Waals surface area contributed by atoms with Gasteiger partial charge in [-0.3, -0.25) is 9.59 Å². The maximum atomic E-state index is 11.5. The molecule has 2 atom stereocenters. The van der Waals surface area contributed by atoms with Gasteiger partial charge < -0.3 is 9.64 Å². The van der Waals surface area contributed by atoms with E-state index >= 15 is 0 Å². The standard InChI is InChI=1S/C10H14N2O3S/c1-3-12-8(13)6-16-9(12)7(5-11)10(14)15-4-2/h7,9H,3-4,6H2,1-2H3. The lowest BCUT2D eigenvalue weighted by atomic mass is 10.1. The van der Waals surface area contributed by atoms with Crippen molar-refractivity contribution >= 4 is 23.6 Å². The van der Waals surface area contributed by atoms with Gasteiger partial charge in [0.05, 0.1) is 18.4 Å². The van der Waals surface area contributed by atoms with Crippen LogP contribution in [0.15, 0.2) is 0 Å². The predicted octanol–water partition coefficient (Wildman–Crippen LogP) is 0.611. The average Bonchev–Trinajstić information content (AvgIpc) is 2.61. The molecule has 0 spiro atoms. The maximum absolute atomic E-state index is 11.5. The van der Waals surface area contributed by atoms with Crippen LogP contribution >= 0.6 is 11.8 Å². The minimum atomic E-state index is -0.892. The number of nitriles is 1. The Morgan fingerprint density at radius 2 is 2.44 bits per heavy atom. The van der Waals surface area contributed by atoms with Crippen molar-refractivity contribution < 1.29 is 14.3 Å². The van der Waals surface area contributed by atoms with Crippen molar-refractivity contribution in [3.8, 4) is 6.07 Å². The first-order valence-corrected chi connectivity index (χ1v) is 6.17. The molecule has 1 aliphatic rings. The molecule has 0 saturated carbocycles. The van der Waals surface area contributed by atoms with Gasteiger partial charge in [-0.15, -0.1) is 11.8 Å². The highest BCUT2D eigenvalue weighted by Crippen LogP contribution is 2.30. The molecule has 0 bridgehead atoms. The second-order valence-corrected chi connectivity index (χ2v) is 4.35. The van der Waals surface area contributed by atoms with Crippen LogP contribution in [-0.2, 0) is 14.3 Å². The second kappa shape index (κ2) is 5.75. The van der Waals surface area contributed by atoms with Crippen LogP contribution in [0, 0.1) is 17.2 Å². The third-order valence-corrected chi connectivity index (χ3v) is 3.59. The van der Waals surface area contributed by atoms with E-state index in [-0.39, 0.29) is 12.5 Å². The van der Waals surface area contributed by atoms with Crippen LogP contribution in [0.5, 0.6) is 0 Å². The first-order chi connectivity index (χ1) is 7.65. The van der Waals surface area contributed by atoms with E-state index in [2.05, 4.69) is 0 Å². The summed E-state index contributed by atoms with van der Waals surface area (Å²) in [6.07, 6.45) is 0. The van der Waals surface area contributed by atoms with Gasteiger partial charge in [-0.1, -0.05) is 0 Å². The summed E-state index contributed by atoms with van der Waals surface area (Å²) >= 11 is 1.32. The molecule has 1 rings (SSSR count). The zero-order valence-electron chi connectivity index (χ0n) is 9.30. The molecule has 0 aromatic carbocycles. The Morgan fingerprint density at radius 3 is 2.94 bits per heavy atom. The van der Waals surface area contributed by atoms with E-state index in [9.17, 15) is 9.59 Å². The summed E-state index contributed by atoms with van der Waals surface area (Å²) in [5, 5.41) is 8.58. The van der Waals surface area contributed by atoms with Crippen molar-refractivity contribution in [2.45, 2.75) is 19.2 Å². The van der Waals surface area contributed by atoms with Crippen LogP contribution < -0.4 is 0 Å². The van der Waals surface area contributed by atoms with Gasteiger partial charge in [-0.05, 0) is 13.8 Å². The quantitative estimate of drug-likeness (QED) is 0.675. The molecule has 1 heterocycles. The van der Waals surface area contributed by atoms with E-state index in [1.807, 2.05) is 13.0 Å². The van der Waals surface area contributed by atoms with Crippen molar-refractivity contribution in [2.24, 2.45) is 5.92 Å². The first-order valence-electron chi connectivity index (χ1n) is 5.13. The fourth-order valence-electron chi connectivity index (χ4n) is 1.57. The van der Waals surface area contributed by atoms with Crippen LogP contribution in [0.4, 0.5) is 0 Å². The fourth-order valence-corrected chi connectivity index (χ4v) is 2.86. The Morgan fingerprint density at radius 1 is 1.75 bits per heavy atom. The molecular formula is C10H14N2O3S. The lowest BCUT2D eigenvalue weighted by Gasteiger charge is -2.24. The summed E-state index contributed by atoms with van der Waals surface area (Å²) in [6, 6.07) is 1.92. The minimum Gasteiger partial charge on any atom is -0.465 e. The summed E-state index contributed by atoms with van der Waals surface area (Å²) < 4.78 is 4.82. The molecule has 0 aromatic rings. The number of thioether (sulfide) groups is 1. The third-order valence-electron chi connectivity index (χ3n) is 2.31. The number of esters is 1. The van der Waals surface area contributed by atoms with Crippen molar-refractivity contribution in [2.75, 3.05) is 18.9 Å². The molecule has 0 radical (unpaired) electrons. The van der Waals surface area contributed by atoms with E-state index in [1.165, 1.54) is 11.8 Å². The number of ether oxygens (including phenoxy) is 1. The molecular weight excluding hydrogens is 228 g/mol. The number of rotatable bonds is 4. The number of amides is 1. The number of hydrogen-bond acceptors (Lipinski definition) is 5. The summed E-state index contributed by atoms with van der Waals surface area (Å²) in [6.45, 7) is 4.27. The van der Waals surface area contributed by atoms with Crippen molar-refractivity contribution in [3.05, 3.63) is 0 Å². The van der Waals surface area contributed by atoms with Crippen molar-refractivity contribution in [3.63, 3.8) is 0 Å². The number of nitrogens with zero attached hydrogens (tertiary/aromatic N) is 2. The molecule has 1 fully saturated rings. The molecule has 0 N–H and O–H groups in total. The van der Waals surface area contributed by atoms with Gasteiger partial charge in [-0.2, -0.15) is 5.26 Å². The largest absolute Gasteiger partial charge is 0.465 e. The number of carbonyl (C=O) groups is 2. The van der Waals surface area contributed by atoms with Crippen molar-refractivity contribution in [1.82, 2.24) is 4.90 Å². The highest BCUT2D eigenvalue weighted by molar-refractivity contribution is 8.01. The summed E-state index contributed by atoms with van der Waals surface area (Å²) in [7, 11) is 0. The van der Waals surface area contributed by atoms with Gasteiger partial charge in [0.1, 0.15) is 5.37 Å². The van der Waals surface area contributed by atoms with Crippen LogP contribution in [0.2, 0.25) is 0 Å². The number of hydrogen-bond donors (Lipinski definition) is 0. The zero-order valence-corrected chi connectivity index (χ0v) is 10.1. The normalized spacial score (nSPS) is 21.7. The highest BCUT2D eigenvalue weighted by atomic mass is 32.2. The number of carbonyl (C=O) groups excluding carboxylic acids is 2. The maximum Gasteiger partial charge on any atom is 0.326 e. The molecule has 5 nitrogen and oxygen atoms in total. The van der Waals surface area contributed by atoms with E-state index in [0.717, 1.165) is 0 Å². The second-order valence-electron chi connectivity index (χ2n) is 3.24. The fraction of sp³-hybridized carbons (Fsp3) is 0.700. The zero-order chi connectivity index (χ0) is 12.1. The molecule has 6 heteroatoms. The molecule has 88 valence electrons. The average molecular weight is 242 g/mol. The Balaban J connectivity index is 2.77. The molecule has 1 amide bonds. The van der Waals surface area contributed by atoms with Crippen LogP contribution in [0.25, 0.3) is 0 Å². The van der Waals surface area contributed by atoms with Gasteiger partial charge in [0.2, 0.25) is 5.91 Å². The third kappa shape index (κ3) is 2.47. The van der Waals surface area contributed by atoms with Gasteiger partial charge >= 0.3 is 5.97 Å². The summed E-state index contributed by atoms with van der Waals surface area (Å²) in [5.74, 6) is -1.13. The molecule has 1 aliphatic heterocycles. The van der Waals surface area contributed by atoms with E-state index in [4.69, 9.17) is 10.00 Å². The Bertz CT molecular complexity index is 327. The highest BCUT2D eigenvalue weighted by Gasteiger charge is 2.40. The molecule has 2 unspecified atom stereocenters. The first kappa shape index (κ1) is 12.8. The summed E-state index contributed by atoms with van der Waals surface area (Å²) in [5.41, 5.74) is 0. The lowest BCUT2D eigenvalue weighted by molar-refractivity contribution is -0.147. The van der Waals surface area contributed by atoms with Crippen LogP contribution in [-0.4, -0.2) is 41.1 Å². The molecule has 0 aromatic heterocycles. The van der Waals surface area contributed by atoms with Gasteiger partial charge in [0, 0.05) is 6.54 Å². The van der Waals surface area contributed by atoms with E-state index < -0.39 is 17.3 Å². The Kier molecular flexibility index (Phi) is 4.62. The lowest BCUT2D eigenvalue weighted by Crippen LogP contribution is -2.40. The van der Waals surface area contributed by atoms with Gasteiger partial charge in [0.15, 0.2) is 5.92 Å². The van der Waals surface area contributed by atoms with Crippen molar-refractivity contribution in [1.29, 1.82) is 5.26 Å². The van der Waals surface area contributed by atoms with Crippen LogP contribution in [0.3, 0.4) is 0 Å². The minimum absolute atomic E-state index is 0.0259. The molecule has 1 saturated heterocycles. The van der Waals surface area contributed by atoms with E-state index in [1.54, 1.807) is 11.8 Å². The molecule has 0 aliphatic carbocycles. The molecule has 16 heavy (non-hydrogen) atoms. The topological polar surface area (TPSA) is 70.4 Å². The van der Waals surface area contributed by atoms with Gasteiger partial charge in [-0.25, -0.2) is 0 Å². The Hall–Kier alpha value is -1.22. The smallest absolute Gasteiger partial charge is 0.326 e. The van der Waals surface area contributed by atoms with Gasteiger partial charge in [0.25, 0.3) is 0 Å². The SMILES string of the molecule is CCOC(=O)C(C#N)C1SCC(=O)N1CC. The van der Waals surface area contributed by atoms with Crippen LogP contribution in [0.1, 0.15) is 13.8 Å². The summed E-state index contributed by atoms with van der Waals surface area (Å²) in [4.78, 5) is 24.5. The van der Waals surface area contributed by atoms with E-state index in [0.29, 0.717) is 12.3 Å². The predicted molar refractivity (Wildman–Crippen MR) is 59.4 cm³/mol.